The van der Waals surface area contributed by atoms with Gasteiger partial charge in [-0.2, -0.15) is 0 Å². The molecular weight excluding hydrogens is 216 g/mol. The molecule has 96 valence electrons. The third kappa shape index (κ3) is 4.21. The monoisotopic (exact) mass is 238 g/mol. The van der Waals surface area contributed by atoms with Crippen molar-refractivity contribution < 1.29 is 9.59 Å². The first-order chi connectivity index (χ1) is 7.90. The number of hydrogen-bond acceptors (Lipinski definition) is 2. The second kappa shape index (κ2) is 5.84. The number of nitrogens with one attached hydrogen (secondary N) is 1. The Morgan fingerprint density at radius 1 is 1.53 bits per heavy atom. The Morgan fingerprint density at radius 3 is 2.71 bits per heavy atom. The van der Waals surface area contributed by atoms with Gasteiger partial charge in [0.15, 0.2) is 0 Å². The molecule has 0 bridgehead atoms. The smallest absolute Gasteiger partial charge is 0.245 e. The van der Waals surface area contributed by atoms with Gasteiger partial charge in [0.25, 0.3) is 0 Å². The summed E-state index contributed by atoms with van der Waals surface area (Å²) in [5.41, 5.74) is 0.941. The van der Waals surface area contributed by atoms with E-state index in [1.807, 2.05) is 20.8 Å². The summed E-state index contributed by atoms with van der Waals surface area (Å²) in [6, 6.07) is -0.371. The van der Waals surface area contributed by atoms with Crippen molar-refractivity contribution in [2.75, 3.05) is 13.1 Å². The molecule has 1 atom stereocenters. The van der Waals surface area contributed by atoms with Crippen molar-refractivity contribution in [3.05, 3.63) is 12.2 Å². The molecule has 0 aromatic heterocycles. The van der Waals surface area contributed by atoms with Crippen LogP contribution in [0.3, 0.4) is 0 Å². The van der Waals surface area contributed by atoms with E-state index in [4.69, 9.17) is 0 Å². The zero-order valence-electron chi connectivity index (χ0n) is 11.0. The van der Waals surface area contributed by atoms with Gasteiger partial charge in [-0.15, -0.1) is 0 Å². The standard InChI is InChI=1S/C13H22N2O2/c1-9(2)7-11-13(17)15(8-10(3)4)6-5-12(16)14-11/h9,11H,3,5-8H2,1-2,4H3,(H,14,16). The molecule has 1 aliphatic heterocycles. The van der Waals surface area contributed by atoms with Crippen molar-refractivity contribution >= 4 is 11.8 Å². The summed E-state index contributed by atoms with van der Waals surface area (Å²) in [6.07, 6.45) is 1.07. The number of hydrogen-bond donors (Lipinski definition) is 1. The van der Waals surface area contributed by atoms with Crippen molar-refractivity contribution in [3.8, 4) is 0 Å². The molecule has 4 heteroatoms. The molecule has 1 fully saturated rings. The first kappa shape index (κ1) is 13.7. The molecule has 0 aliphatic carbocycles. The van der Waals surface area contributed by atoms with Gasteiger partial charge < -0.3 is 10.2 Å². The van der Waals surface area contributed by atoms with Gasteiger partial charge in [0, 0.05) is 19.5 Å². The fraction of sp³-hybridized carbons (Fsp3) is 0.692. The minimum atomic E-state index is -0.371. The van der Waals surface area contributed by atoms with Crippen LogP contribution < -0.4 is 5.32 Å². The third-order valence-corrected chi connectivity index (χ3v) is 2.72. The van der Waals surface area contributed by atoms with Crippen molar-refractivity contribution in [1.82, 2.24) is 10.2 Å². The average molecular weight is 238 g/mol. The second-order valence-corrected chi connectivity index (χ2v) is 5.22. The first-order valence-corrected chi connectivity index (χ1v) is 6.12. The number of carbonyl (C=O) groups is 2. The third-order valence-electron chi connectivity index (χ3n) is 2.72. The average Bonchev–Trinajstić information content (AvgIpc) is 2.30. The second-order valence-electron chi connectivity index (χ2n) is 5.22. The van der Waals surface area contributed by atoms with Crippen molar-refractivity contribution in [3.63, 3.8) is 0 Å². The Bertz CT molecular complexity index is 323. The number of rotatable bonds is 4. The van der Waals surface area contributed by atoms with Crippen LogP contribution in [0.15, 0.2) is 12.2 Å². The number of amides is 2. The largest absolute Gasteiger partial charge is 0.344 e. The van der Waals surface area contributed by atoms with Gasteiger partial charge in [0.2, 0.25) is 11.8 Å². The Hall–Kier alpha value is -1.32. The van der Waals surface area contributed by atoms with Gasteiger partial charge in [-0.25, -0.2) is 0 Å². The number of carbonyl (C=O) groups excluding carboxylic acids is 2. The summed E-state index contributed by atoms with van der Waals surface area (Å²) in [5.74, 6) is 0.370. The molecule has 0 radical (unpaired) electrons. The molecule has 0 aromatic carbocycles. The van der Waals surface area contributed by atoms with Crippen molar-refractivity contribution in [2.24, 2.45) is 5.92 Å². The maximum absolute atomic E-state index is 12.2. The Morgan fingerprint density at radius 2 is 2.18 bits per heavy atom. The van der Waals surface area contributed by atoms with Crippen molar-refractivity contribution in [2.45, 2.75) is 39.7 Å². The summed E-state index contributed by atoms with van der Waals surface area (Å²) >= 11 is 0. The molecule has 1 heterocycles. The van der Waals surface area contributed by atoms with E-state index >= 15 is 0 Å². The zero-order valence-corrected chi connectivity index (χ0v) is 11.0. The van der Waals surface area contributed by atoms with E-state index in [0.717, 1.165) is 5.57 Å². The highest BCUT2D eigenvalue weighted by atomic mass is 16.2. The molecule has 2 amide bonds. The predicted octanol–water partition coefficient (Wildman–Crippen LogP) is 1.33. The molecule has 0 saturated carbocycles. The SMILES string of the molecule is C=C(C)CN1CCC(=O)NC(CC(C)C)C1=O. The molecule has 4 nitrogen and oxygen atoms in total. The highest BCUT2D eigenvalue weighted by molar-refractivity contribution is 5.90. The summed E-state index contributed by atoms with van der Waals surface area (Å²) in [4.78, 5) is 25.5. The van der Waals surface area contributed by atoms with E-state index in [2.05, 4.69) is 11.9 Å². The quantitative estimate of drug-likeness (QED) is 0.751. The van der Waals surface area contributed by atoms with E-state index in [-0.39, 0.29) is 17.9 Å². The van der Waals surface area contributed by atoms with E-state index in [9.17, 15) is 9.59 Å². The van der Waals surface area contributed by atoms with E-state index in [1.54, 1.807) is 4.90 Å². The van der Waals surface area contributed by atoms with Gasteiger partial charge in [0.05, 0.1) is 0 Å². The minimum absolute atomic E-state index is 0.0209. The first-order valence-electron chi connectivity index (χ1n) is 6.12. The lowest BCUT2D eigenvalue weighted by atomic mass is 10.0. The van der Waals surface area contributed by atoms with Crippen LogP contribution in [-0.2, 0) is 9.59 Å². The van der Waals surface area contributed by atoms with Crippen molar-refractivity contribution in [1.29, 1.82) is 0 Å². The van der Waals surface area contributed by atoms with E-state index in [0.29, 0.717) is 31.8 Å². The fourth-order valence-corrected chi connectivity index (χ4v) is 2.01. The number of nitrogens with zero attached hydrogens (tertiary/aromatic N) is 1. The maximum atomic E-state index is 12.2. The zero-order chi connectivity index (χ0) is 13.0. The van der Waals surface area contributed by atoms with Crippen LogP contribution in [0.4, 0.5) is 0 Å². The molecule has 1 saturated heterocycles. The Balaban J connectivity index is 2.77. The highest BCUT2D eigenvalue weighted by Crippen LogP contribution is 2.12. The maximum Gasteiger partial charge on any atom is 0.245 e. The summed E-state index contributed by atoms with van der Waals surface area (Å²) in [6.45, 7) is 10.8. The normalized spacial score (nSPS) is 21.4. The van der Waals surface area contributed by atoms with Crippen LogP contribution >= 0.6 is 0 Å². The molecule has 1 rings (SSSR count). The molecule has 17 heavy (non-hydrogen) atoms. The summed E-state index contributed by atoms with van der Waals surface area (Å²) < 4.78 is 0. The lowest BCUT2D eigenvalue weighted by molar-refractivity contribution is -0.133. The van der Waals surface area contributed by atoms with Gasteiger partial charge >= 0.3 is 0 Å². The van der Waals surface area contributed by atoms with Crippen LogP contribution in [0.5, 0.6) is 0 Å². The van der Waals surface area contributed by atoms with E-state index < -0.39 is 0 Å². The van der Waals surface area contributed by atoms with Gasteiger partial charge in [-0.3, -0.25) is 9.59 Å². The van der Waals surface area contributed by atoms with Gasteiger partial charge in [-0.1, -0.05) is 26.0 Å². The Labute approximate surface area is 103 Å². The van der Waals surface area contributed by atoms with Crippen LogP contribution in [0.2, 0.25) is 0 Å². The predicted molar refractivity (Wildman–Crippen MR) is 67.4 cm³/mol. The summed E-state index contributed by atoms with van der Waals surface area (Å²) in [7, 11) is 0. The lowest BCUT2D eigenvalue weighted by Gasteiger charge is -2.25. The van der Waals surface area contributed by atoms with Gasteiger partial charge in [-0.05, 0) is 19.3 Å². The lowest BCUT2D eigenvalue weighted by Crippen LogP contribution is -2.45. The molecule has 0 spiro atoms. The van der Waals surface area contributed by atoms with Crippen LogP contribution in [0.25, 0.3) is 0 Å². The molecule has 1 N–H and O–H groups in total. The van der Waals surface area contributed by atoms with Crippen LogP contribution in [-0.4, -0.2) is 35.8 Å². The van der Waals surface area contributed by atoms with E-state index in [1.165, 1.54) is 0 Å². The molecule has 1 aliphatic rings. The van der Waals surface area contributed by atoms with Crippen LogP contribution in [0.1, 0.15) is 33.6 Å². The Kier molecular flexibility index (Phi) is 4.73. The topological polar surface area (TPSA) is 49.4 Å². The molecule has 1 unspecified atom stereocenters. The van der Waals surface area contributed by atoms with Crippen LogP contribution in [0, 0.1) is 5.92 Å². The molecule has 0 aromatic rings. The minimum Gasteiger partial charge on any atom is -0.344 e. The fourth-order valence-electron chi connectivity index (χ4n) is 2.01. The highest BCUT2D eigenvalue weighted by Gasteiger charge is 2.29. The van der Waals surface area contributed by atoms with Gasteiger partial charge in [0.1, 0.15) is 6.04 Å². The summed E-state index contributed by atoms with van der Waals surface area (Å²) in [5, 5.41) is 2.80. The molecular formula is C13H22N2O2.